The first-order valence-electron chi connectivity index (χ1n) is 6.13. The molecule has 2 aromatic rings. The molecular weight excluding hydrogens is 278 g/mol. The Morgan fingerprint density at radius 1 is 1.24 bits per heavy atom. The smallest absolute Gasteiger partial charge is 0.337 e. The summed E-state index contributed by atoms with van der Waals surface area (Å²) < 4.78 is 32.3. The van der Waals surface area contributed by atoms with E-state index in [4.69, 9.17) is 5.73 Å². The first kappa shape index (κ1) is 14.8. The topological polar surface area (TPSA) is 64.3 Å². The number of carbonyl (C=O) groups excluding carboxylic acids is 1. The number of hydrogen-bond donors (Lipinski definition) is 2. The molecule has 0 unspecified atom stereocenters. The highest BCUT2D eigenvalue weighted by atomic mass is 19.1. The van der Waals surface area contributed by atoms with Crippen LogP contribution in [-0.2, 0) is 4.74 Å². The molecule has 0 fully saturated rings. The van der Waals surface area contributed by atoms with Gasteiger partial charge in [0, 0.05) is 0 Å². The van der Waals surface area contributed by atoms with Gasteiger partial charge in [0.2, 0.25) is 0 Å². The Morgan fingerprint density at radius 3 is 2.62 bits per heavy atom. The molecule has 2 rings (SSSR count). The van der Waals surface area contributed by atoms with Gasteiger partial charge >= 0.3 is 5.97 Å². The number of nitrogen functional groups attached to an aromatic ring is 1. The van der Waals surface area contributed by atoms with Crippen LogP contribution >= 0.6 is 0 Å². The third-order valence-electron chi connectivity index (χ3n) is 3.02. The maximum absolute atomic E-state index is 14.0. The van der Waals surface area contributed by atoms with Crippen LogP contribution in [0.2, 0.25) is 0 Å². The predicted octanol–water partition coefficient (Wildman–Crippen LogP) is 3.39. The summed E-state index contributed by atoms with van der Waals surface area (Å²) in [7, 11) is 1.24. The van der Waals surface area contributed by atoms with Gasteiger partial charge in [0.25, 0.3) is 0 Å². The standard InChI is InChI=1S/C15H14F2N2O2/c1-8-3-5-10(16)14(13(8)17)19-12-7-9(15(20)21-2)4-6-11(12)18/h3-7,19H,18H2,1-2H3. The van der Waals surface area contributed by atoms with Crippen molar-refractivity contribution in [3.05, 3.63) is 53.1 Å². The molecule has 110 valence electrons. The molecule has 2 aromatic carbocycles. The second-order valence-electron chi connectivity index (χ2n) is 4.47. The lowest BCUT2D eigenvalue weighted by Gasteiger charge is -2.13. The number of nitrogens with two attached hydrogens (primary N) is 1. The molecule has 0 radical (unpaired) electrons. The Morgan fingerprint density at radius 2 is 1.95 bits per heavy atom. The minimum Gasteiger partial charge on any atom is -0.465 e. The van der Waals surface area contributed by atoms with E-state index in [1.807, 2.05) is 0 Å². The lowest BCUT2D eigenvalue weighted by atomic mass is 10.1. The van der Waals surface area contributed by atoms with E-state index in [-0.39, 0.29) is 22.6 Å². The molecule has 0 saturated heterocycles. The molecule has 0 saturated carbocycles. The molecule has 0 aliphatic heterocycles. The van der Waals surface area contributed by atoms with Gasteiger partial charge in [-0.05, 0) is 36.8 Å². The monoisotopic (exact) mass is 292 g/mol. The van der Waals surface area contributed by atoms with Gasteiger partial charge in [-0.25, -0.2) is 13.6 Å². The first-order chi connectivity index (χ1) is 9.93. The maximum atomic E-state index is 14.0. The van der Waals surface area contributed by atoms with E-state index >= 15 is 0 Å². The molecule has 0 bridgehead atoms. The van der Waals surface area contributed by atoms with Crippen molar-refractivity contribution in [3.8, 4) is 0 Å². The van der Waals surface area contributed by atoms with Gasteiger partial charge in [-0.3, -0.25) is 0 Å². The van der Waals surface area contributed by atoms with Gasteiger partial charge in [0.1, 0.15) is 11.5 Å². The van der Waals surface area contributed by atoms with Crippen LogP contribution in [0, 0.1) is 18.6 Å². The number of esters is 1. The van der Waals surface area contributed by atoms with Crippen LogP contribution in [0.15, 0.2) is 30.3 Å². The second-order valence-corrected chi connectivity index (χ2v) is 4.47. The highest BCUT2D eigenvalue weighted by Crippen LogP contribution is 2.29. The molecule has 0 aromatic heterocycles. The number of ether oxygens (including phenoxy) is 1. The third kappa shape index (κ3) is 2.94. The maximum Gasteiger partial charge on any atom is 0.337 e. The molecule has 0 atom stereocenters. The summed E-state index contributed by atoms with van der Waals surface area (Å²) in [6.45, 7) is 1.52. The molecule has 0 heterocycles. The van der Waals surface area contributed by atoms with Crippen molar-refractivity contribution in [2.75, 3.05) is 18.2 Å². The normalized spacial score (nSPS) is 10.3. The first-order valence-corrected chi connectivity index (χ1v) is 6.13. The van der Waals surface area contributed by atoms with E-state index in [1.165, 1.54) is 38.3 Å². The number of aryl methyl sites for hydroxylation is 1. The zero-order chi connectivity index (χ0) is 15.6. The van der Waals surface area contributed by atoms with Crippen LogP contribution in [0.1, 0.15) is 15.9 Å². The average molecular weight is 292 g/mol. The van der Waals surface area contributed by atoms with Crippen molar-refractivity contribution in [2.45, 2.75) is 6.92 Å². The van der Waals surface area contributed by atoms with Gasteiger partial charge in [-0.1, -0.05) is 6.07 Å². The van der Waals surface area contributed by atoms with Gasteiger partial charge < -0.3 is 15.8 Å². The van der Waals surface area contributed by atoms with Gasteiger partial charge in [0.15, 0.2) is 5.82 Å². The summed E-state index contributed by atoms with van der Waals surface area (Å²) in [6, 6.07) is 6.79. The molecular formula is C15H14F2N2O2. The SMILES string of the molecule is COC(=O)c1ccc(N)c(Nc2c(F)ccc(C)c2F)c1. The summed E-state index contributed by atoms with van der Waals surface area (Å²) in [4.78, 5) is 11.5. The molecule has 3 N–H and O–H groups in total. The molecule has 4 nitrogen and oxygen atoms in total. The van der Waals surface area contributed by atoms with Crippen LogP contribution < -0.4 is 11.1 Å². The summed E-state index contributed by atoms with van der Waals surface area (Å²) in [5, 5.41) is 2.59. The quantitative estimate of drug-likeness (QED) is 0.672. The second kappa shape index (κ2) is 5.78. The van der Waals surface area contributed by atoms with Crippen molar-refractivity contribution in [1.29, 1.82) is 0 Å². The van der Waals surface area contributed by atoms with Gasteiger partial charge in [0.05, 0.1) is 24.0 Å². The zero-order valence-electron chi connectivity index (χ0n) is 11.5. The van der Waals surface area contributed by atoms with Crippen LogP contribution in [0.25, 0.3) is 0 Å². The van der Waals surface area contributed by atoms with E-state index in [9.17, 15) is 13.6 Å². The van der Waals surface area contributed by atoms with Crippen molar-refractivity contribution in [2.24, 2.45) is 0 Å². The molecule has 0 aliphatic carbocycles. The summed E-state index contributed by atoms with van der Waals surface area (Å²) in [5.74, 6) is -2.03. The van der Waals surface area contributed by atoms with E-state index in [0.29, 0.717) is 5.56 Å². The van der Waals surface area contributed by atoms with Crippen LogP contribution in [-0.4, -0.2) is 13.1 Å². The minimum absolute atomic E-state index is 0.223. The van der Waals surface area contributed by atoms with Crippen LogP contribution in [0.4, 0.5) is 25.8 Å². The lowest BCUT2D eigenvalue weighted by molar-refractivity contribution is 0.0601. The summed E-state index contributed by atoms with van der Waals surface area (Å²) in [5.41, 5.74) is 6.44. The Kier molecular flexibility index (Phi) is 4.07. The molecule has 0 aliphatic rings. The van der Waals surface area contributed by atoms with E-state index in [1.54, 1.807) is 0 Å². The fourth-order valence-corrected chi connectivity index (χ4v) is 1.82. The number of benzene rings is 2. The fourth-order valence-electron chi connectivity index (χ4n) is 1.82. The molecule has 0 spiro atoms. The van der Waals surface area contributed by atoms with E-state index < -0.39 is 17.6 Å². The summed E-state index contributed by atoms with van der Waals surface area (Å²) >= 11 is 0. The van der Waals surface area contributed by atoms with Crippen LogP contribution in [0.3, 0.4) is 0 Å². The van der Waals surface area contributed by atoms with E-state index in [2.05, 4.69) is 10.1 Å². The highest BCUT2D eigenvalue weighted by molar-refractivity contribution is 5.92. The van der Waals surface area contributed by atoms with Crippen molar-refractivity contribution >= 4 is 23.0 Å². The minimum atomic E-state index is -0.749. The van der Waals surface area contributed by atoms with Crippen LogP contribution in [0.5, 0.6) is 0 Å². The number of methoxy groups -OCH3 is 1. The molecule has 6 heteroatoms. The van der Waals surface area contributed by atoms with Crippen molar-refractivity contribution < 1.29 is 18.3 Å². The van der Waals surface area contributed by atoms with Gasteiger partial charge in [-0.2, -0.15) is 0 Å². The predicted molar refractivity (Wildman–Crippen MR) is 76.6 cm³/mol. The number of halogens is 2. The Labute approximate surface area is 120 Å². The summed E-state index contributed by atoms with van der Waals surface area (Å²) in [6.07, 6.45) is 0. The van der Waals surface area contributed by atoms with Crippen molar-refractivity contribution in [3.63, 3.8) is 0 Å². The molecule has 21 heavy (non-hydrogen) atoms. The number of carbonyl (C=O) groups is 1. The zero-order valence-corrected chi connectivity index (χ0v) is 11.5. The largest absolute Gasteiger partial charge is 0.465 e. The Hall–Kier alpha value is -2.63. The lowest BCUT2D eigenvalue weighted by Crippen LogP contribution is -2.06. The number of nitrogens with one attached hydrogen (secondary N) is 1. The van der Waals surface area contributed by atoms with E-state index in [0.717, 1.165) is 6.07 Å². The Bertz CT molecular complexity index is 702. The van der Waals surface area contributed by atoms with Gasteiger partial charge in [-0.15, -0.1) is 0 Å². The number of rotatable bonds is 3. The third-order valence-corrected chi connectivity index (χ3v) is 3.02. The fraction of sp³-hybridized carbons (Fsp3) is 0.133. The number of hydrogen-bond acceptors (Lipinski definition) is 4. The highest BCUT2D eigenvalue weighted by Gasteiger charge is 2.14. The average Bonchev–Trinajstić information content (AvgIpc) is 2.48. The molecule has 0 amide bonds. The van der Waals surface area contributed by atoms with Crippen molar-refractivity contribution in [1.82, 2.24) is 0 Å². The number of anilines is 3. The Balaban J connectivity index is 2.45.